The standard InChI is InChI=1S/C13H20N6O2S/c1-3-8-22(20,21)17-6-5-14-12-9-13(16-10-15-12)19-7-4-11(2)18-19/h4,7,9-10,17H,3,5-6,8H2,1-2H3,(H,14,15,16). The first-order valence-electron chi connectivity index (χ1n) is 7.06. The highest BCUT2D eigenvalue weighted by atomic mass is 32.2. The van der Waals surface area contributed by atoms with Crippen LogP contribution in [0.1, 0.15) is 19.0 Å². The quantitative estimate of drug-likeness (QED) is 0.694. The summed E-state index contributed by atoms with van der Waals surface area (Å²) in [5.74, 6) is 1.41. The van der Waals surface area contributed by atoms with Crippen molar-refractivity contribution in [3.05, 3.63) is 30.4 Å². The Kier molecular flexibility index (Phi) is 5.45. The van der Waals surface area contributed by atoms with Crippen LogP contribution in [0.3, 0.4) is 0 Å². The van der Waals surface area contributed by atoms with E-state index in [1.807, 2.05) is 26.1 Å². The number of nitrogens with one attached hydrogen (secondary N) is 2. The average Bonchev–Trinajstić information content (AvgIpc) is 2.91. The van der Waals surface area contributed by atoms with Crippen molar-refractivity contribution in [3.8, 4) is 5.82 Å². The van der Waals surface area contributed by atoms with Gasteiger partial charge in [-0.3, -0.25) is 0 Å². The zero-order valence-corrected chi connectivity index (χ0v) is 13.5. The molecular formula is C13H20N6O2S. The predicted octanol–water partition coefficient (Wildman–Crippen LogP) is 0.712. The van der Waals surface area contributed by atoms with Crippen LogP contribution in [0.15, 0.2) is 24.7 Å². The monoisotopic (exact) mass is 324 g/mol. The molecule has 0 aromatic carbocycles. The molecule has 0 spiro atoms. The Bertz CT molecular complexity index is 713. The van der Waals surface area contributed by atoms with E-state index >= 15 is 0 Å². The van der Waals surface area contributed by atoms with Gasteiger partial charge in [0.05, 0.1) is 11.4 Å². The van der Waals surface area contributed by atoms with Gasteiger partial charge >= 0.3 is 0 Å². The number of rotatable bonds is 8. The predicted molar refractivity (Wildman–Crippen MR) is 84.5 cm³/mol. The maximum absolute atomic E-state index is 11.5. The van der Waals surface area contributed by atoms with Gasteiger partial charge in [0.15, 0.2) is 5.82 Å². The molecule has 8 nitrogen and oxygen atoms in total. The van der Waals surface area contributed by atoms with Crippen molar-refractivity contribution in [2.75, 3.05) is 24.2 Å². The molecule has 0 aliphatic heterocycles. The molecule has 0 bridgehead atoms. The summed E-state index contributed by atoms with van der Waals surface area (Å²) < 4.78 is 27.2. The molecule has 0 amide bonds. The molecule has 2 N–H and O–H groups in total. The molecule has 0 radical (unpaired) electrons. The molecule has 9 heteroatoms. The first-order valence-corrected chi connectivity index (χ1v) is 8.71. The molecule has 0 aliphatic rings. The Balaban J connectivity index is 1.89. The first-order chi connectivity index (χ1) is 10.5. The summed E-state index contributed by atoms with van der Waals surface area (Å²) in [6.45, 7) is 4.48. The maximum atomic E-state index is 11.5. The maximum Gasteiger partial charge on any atom is 0.211 e. The summed E-state index contributed by atoms with van der Waals surface area (Å²) >= 11 is 0. The number of sulfonamides is 1. The fourth-order valence-electron chi connectivity index (χ4n) is 1.85. The number of nitrogens with zero attached hydrogens (tertiary/aromatic N) is 4. The van der Waals surface area contributed by atoms with Gasteiger partial charge in [-0.15, -0.1) is 0 Å². The van der Waals surface area contributed by atoms with Gasteiger partial charge in [0.25, 0.3) is 0 Å². The summed E-state index contributed by atoms with van der Waals surface area (Å²) in [7, 11) is -3.17. The summed E-state index contributed by atoms with van der Waals surface area (Å²) in [6.07, 6.45) is 3.86. The van der Waals surface area contributed by atoms with Crippen LogP contribution >= 0.6 is 0 Å². The number of aromatic nitrogens is 4. The summed E-state index contributed by atoms with van der Waals surface area (Å²) in [5.41, 5.74) is 0.901. The third-order valence-corrected chi connectivity index (χ3v) is 4.43. The fraction of sp³-hybridized carbons (Fsp3) is 0.462. The highest BCUT2D eigenvalue weighted by molar-refractivity contribution is 7.89. The van der Waals surface area contributed by atoms with Gasteiger partial charge in [-0.05, 0) is 19.4 Å². The minimum atomic E-state index is -3.17. The molecule has 0 saturated carbocycles. The Morgan fingerprint density at radius 3 is 2.77 bits per heavy atom. The summed E-state index contributed by atoms with van der Waals surface area (Å²) in [6, 6.07) is 3.64. The van der Waals surface area contributed by atoms with Gasteiger partial charge in [-0.25, -0.2) is 27.8 Å². The molecule has 0 saturated heterocycles. The minimum Gasteiger partial charge on any atom is -0.369 e. The number of hydrogen-bond donors (Lipinski definition) is 2. The lowest BCUT2D eigenvalue weighted by molar-refractivity contribution is 0.581. The molecule has 2 rings (SSSR count). The van der Waals surface area contributed by atoms with E-state index in [0.717, 1.165) is 5.69 Å². The van der Waals surface area contributed by atoms with E-state index in [-0.39, 0.29) is 5.75 Å². The van der Waals surface area contributed by atoms with E-state index in [4.69, 9.17) is 0 Å². The van der Waals surface area contributed by atoms with Crippen LogP contribution in [0.25, 0.3) is 5.82 Å². The van der Waals surface area contributed by atoms with Crippen molar-refractivity contribution in [2.45, 2.75) is 20.3 Å². The lowest BCUT2D eigenvalue weighted by Crippen LogP contribution is -2.30. The zero-order valence-electron chi connectivity index (χ0n) is 12.7. The molecule has 0 atom stereocenters. The van der Waals surface area contributed by atoms with Crippen molar-refractivity contribution < 1.29 is 8.42 Å². The lowest BCUT2D eigenvalue weighted by Gasteiger charge is -2.08. The van der Waals surface area contributed by atoms with Gasteiger partial charge < -0.3 is 5.32 Å². The zero-order chi connectivity index (χ0) is 16.0. The Morgan fingerprint density at radius 1 is 1.27 bits per heavy atom. The largest absolute Gasteiger partial charge is 0.369 e. The highest BCUT2D eigenvalue weighted by Crippen LogP contribution is 2.08. The molecular weight excluding hydrogens is 304 g/mol. The molecule has 2 aromatic heterocycles. The Hall–Kier alpha value is -2.00. The van der Waals surface area contributed by atoms with Crippen LogP contribution in [0.5, 0.6) is 0 Å². The molecule has 2 heterocycles. The first kappa shape index (κ1) is 16.4. The van der Waals surface area contributed by atoms with Gasteiger partial charge in [-0.1, -0.05) is 6.92 Å². The molecule has 120 valence electrons. The van der Waals surface area contributed by atoms with E-state index in [9.17, 15) is 8.42 Å². The molecule has 0 fully saturated rings. The van der Waals surface area contributed by atoms with Crippen molar-refractivity contribution in [1.82, 2.24) is 24.5 Å². The van der Waals surface area contributed by atoms with Crippen LogP contribution in [-0.2, 0) is 10.0 Å². The van der Waals surface area contributed by atoms with Crippen molar-refractivity contribution in [3.63, 3.8) is 0 Å². The van der Waals surface area contributed by atoms with Gasteiger partial charge in [0.1, 0.15) is 12.1 Å². The van der Waals surface area contributed by atoms with E-state index in [1.165, 1.54) is 6.33 Å². The third-order valence-electron chi connectivity index (χ3n) is 2.84. The number of anilines is 1. The normalized spacial score (nSPS) is 11.5. The molecule has 2 aromatic rings. The summed E-state index contributed by atoms with van der Waals surface area (Å²) in [5, 5.41) is 7.34. The van der Waals surface area contributed by atoms with E-state index < -0.39 is 10.0 Å². The minimum absolute atomic E-state index is 0.142. The molecule has 22 heavy (non-hydrogen) atoms. The molecule has 0 unspecified atom stereocenters. The highest BCUT2D eigenvalue weighted by Gasteiger charge is 2.07. The molecule has 0 aliphatic carbocycles. The van der Waals surface area contributed by atoms with Gasteiger partial charge in [0, 0.05) is 25.4 Å². The smallest absolute Gasteiger partial charge is 0.211 e. The van der Waals surface area contributed by atoms with Gasteiger partial charge in [0.2, 0.25) is 10.0 Å². The number of aryl methyl sites for hydroxylation is 1. The number of hydrogen-bond acceptors (Lipinski definition) is 6. The fourth-order valence-corrected chi connectivity index (χ4v) is 2.94. The van der Waals surface area contributed by atoms with E-state index in [1.54, 1.807) is 10.7 Å². The van der Waals surface area contributed by atoms with Crippen molar-refractivity contribution in [2.24, 2.45) is 0 Å². The van der Waals surface area contributed by atoms with Crippen LogP contribution in [0, 0.1) is 6.92 Å². The second-order valence-electron chi connectivity index (χ2n) is 4.80. The van der Waals surface area contributed by atoms with Crippen LogP contribution in [0.4, 0.5) is 5.82 Å². The van der Waals surface area contributed by atoms with Crippen molar-refractivity contribution in [1.29, 1.82) is 0 Å². The van der Waals surface area contributed by atoms with Gasteiger partial charge in [-0.2, -0.15) is 5.10 Å². The van der Waals surface area contributed by atoms with Crippen LogP contribution in [0.2, 0.25) is 0 Å². The van der Waals surface area contributed by atoms with Crippen molar-refractivity contribution >= 4 is 15.8 Å². The Morgan fingerprint density at radius 2 is 2.09 bits per heavy atom. The van der Waals surface area contributed by atoms with E-state index in [2.05, 4.69) is 25.1 Å². The van der Waals surface area contributed by atoms with Crippen LogP contribution in [-0.4, -0.2) is 47.0 Å². The second kappa shape index (κ2) is 7.32. The third kappa shape index (κ3) is 4.78. The second-order valence-corrected chi connectivity index (χ2v) is 6.73. The van der Waals surface area contributed by atoms with Crippen LogP contribution < -0.4 is 10.0 Å². The topological polar surface area (TPSA) is 102 Å². The summed E-state index contributed by atoms with van der Waals surface area (Å²) in [4.78, 5) is 8.25. The Labute approximate surface area is 130 Å². The lowest BCUT2D eigenvalue weighted by atomic mass is 10.5. The average molecular weight is 324 g/mol. The van der Waals surface area contributed by atoms with E-state index in [0.29, 0.717) is 31.1 Å². The SMILES string of the molecule is CCCS(=O)(=O)NCCNc1cc(-n2ccc(C)n2)ncn1.